The Morgan fingerprint density at radius 3 is 1.12 bits per heavy atom. The van der Waals surface area contributed by atoms with Gasteiger partial charge in [0.15, 0.2) is 0 Å². The molecule has 0 radical (unpaired) electrons. The van der Waals surface area contributed by atoms with Crippen molar-refractivity contribution in [3.8, 4) is 0 Å². The lowest BCUT2D eigenvalue weighted by Crippen LogP contribution is -2.45. The summed E-state index contributed by atoms with van der Waals surface area (Å²) in [4.78, 5) is 24.5. The van der Waals surface area contributed by atoms with Gasteiger partial charge in [-0.3, -0.25) is 9.59 Å². The van der Waals surface area contributed by atoms with E-state index in [1.807, 2.05) is 6.08 Å². The van der Waals surface area contributed by atoms with Crippen molar-refractivity contribution in [2.45, 2.75) is 341 Å². The molecular formula is C63H119NO5. The third kappa shape index (κ3) is 55.2. The summed E-state index contributed by atoms with van der Waals surface area (Å²) in [6.45, 7) is 4.88. The topological polar surface area (TPSA) is 95.9 Å². The molecule has 3 N–H and O–H groups in total. The van der Waals surface area contributed by atoms with E-state index in [-0.39, 0.29) is 18.5 Å². The lowest BCUT2D eigenvalue weighted by molar-refractivity contribution is -0.143. The number of hydrogen-bond donors (Lipinski definition) is 3. The van der Waals surface area contributed by atoms with E-state index in [1.54, 1.807) is 6.08 Å². The zero-order chi connectivity index (χ0) is 50.0. The number of ether oxygens (including phenoxy) is 1. The SMILES string of the molecule is CCCCCC/C=C\C/C=C\CCCCCCCC(=O)OCCCCCCCCCCCCCCCCCCCCCCCCCCCC(=O)NC(CO)C(O)/C=C/CCCCCCCCCCC. The van der Waals surface area contributed by atoms with Crippen LogP contribution in [0.5, 0.6) is 0 Å². The van der Waals surface area contributed by atoms with E-state index in [0.29, 0.717) is 19.4 Å². The molecular weight excluding hydrogens is 851 g/mol. The number of nitrogens with one attached hydrogen (secondary N) is 1. The third-order valence-corrected chi connectivity index (χ3v) is 14.2. The van der Waals surface area contributed by atoms with Gasteiger partial charge in [-0.2, -0.15) is 0 Å². The molecule has 0 aliphatic rings. The predicted octanol–water partition coefficient (Wildman–Crippen LogP) is 19.2. The molecule has 0 aromatic heterocycles. The van der Waals surface area contributed by atoms with Gasteiger partial charge < -0.3 is 20.3 Å². The normalized spacial score (nSPS) is 12.8. The number of carbonyl (C=O) groups excluding carboxylic acids is 2. The molecule has 0 saturated heterocycles. The van der Waals surface area contributed by atoms with Crippen LogP contribution in [-0.4, -0.2) is 47.4 Å². The van der Waals surface area contributed by atoms with Crippen molar-refractivity contribution in [2.24, 2.45) is 0 Å². The summed E-state index contributed by atoms with van der Waals surface area (Å²) in [5.74, 6) is -0.0649. The van der Waals surface area contributed by atoms with E-state index in [1.165, 1.54) is 250 Å². The fraction of sp³-hybridized carbons (Fsp3) is 0.873. The van der Waals surface area contributed by atoms with E-state index >= 15 is 0 Å². The van der Waals surface area contributed by atoms with Crippen molar-refractivity contribution in [3.63, 3.8) is 0 Å². The molecule has 6 nitrogen and oxygen atoms in total. The van der Waals surface area contributed by atoms with Crippen LogP contribution >= 0.6 is 0 Å². The number of unbranched alkanes of at least 4 members (excludes halogenated alkanes) is 42. The van der Waals surface area contributed by atoms with Crippen LogP contribution < -0.4 is 5.32 Å². The molecule has 1 amide bonds. The molecule has 0 aromatic carbocycles. The van der Waals surface area contributed by atoms with Crippen molar-refractivity contribution in [2.75, 3.05) is 13.2 Å². The van der Waals surface area contributed by atoms with E-state index in [9.17, 15) is 19.8 Å². The van der Waals surface area contributed by atoms with Crippen LogP contribution in [0.1, 0.15) is 328 Å². The Labute approximate surface area is 430 Å². The Morgan fingerprint density at radius 1 is 0.406 bits per heavy atom. The van der Waals surface area contributed by atoms with Crippen molar-refractivity contribution < 1.29 is 24.5 Å². The minimum absolute atomic E-state index is 0.00231. The van der Waals surface area contributed by atoms with Crippen LogP contribution in [0, 0.1) is 0 Å². The third-order valence-electron chi connectivity index (χ3n) is 14.2. The first-order valence-electron chi connectivity index (χ1n) is 30.8. The highest BCUT2D eigenvalue weighted by molar-refractivity contribution is 5.76. The maximum atomic E-state index is 12.4. The van der Waals surface area contributed by atoms with Gasteiger partial charge in [-0.15, -0.1) is 0 Å². The van der Waals surface area contributed by atoms with Crippen LogP contribution in [0.25, 0.3) is 0 Å². The monoisotopic (exact) mass is 970 g/mol. The fourth-order valence-electron chi connectivity index (χ4n) is 9.43. The summed E-state index contributed by atoms with van der Waals surface area (Å²) in [6.07, 6.45) is 73.3. The van der Waals surface area contributed by atoms with Crippen LogP contribution in [-0.2, 0) is 14.3 Å². The van der Waals surface area contributed by atoms with Gasteiger partial charge >= 0.3 is 5.97 Å². The number of rotatable bonds is 57. The molecule has 0 aliphatic heterocycles. The quantitative estimate of drug-likeness (QED) is 0.0321. The summed E-state index contributed by atoms with van der Waals surface area (Å²) in [5.41, 5.74) is 0. The Balaban J connectivity index is 3.36. The standard InChI is InChI=1S/C63H119NO5/c1-3-5-7-9-11-13-15-16-17-30-33-37-41-45-49-53-57-63(68)69-58-54-50-46-42-38-34-31-28-26-24-22-20-18-19-21-23-25-27-29-32-36-40-44-48-52-56-62(67)64-60(59-65)61(66)55-51-47-43-39-35-14-12-10-8-6-4-2/h13,15,17,30,51,55,60-61,65-66H,3-12,14,16,18-29,31-50,52-54,56-59H2,1-2H3,(H,64,67)/b15-13-,30-17-,55-51+. The number of esters is 1. The lowest BCUT2D eigenvalue weighted by atomic mass is 10.0. The number of aliphatic hydroxyl groups excluding tert-OH is 2. The molecule has 0 heterocycles. The maximum Gasteiger partial charge on any atom is 0.305 e. The summed E-state index contributed by atoms with van der Waals surface area (Å²) in [6, 6.07) is -0.625. The van der Waals surface area contributed by atoms with Gasteiger partial charge in [0.2, 0.25) is 5.91 Å². The van der Waals surface area contributed by atoms with Crippen LogP contribution in [0.3, 0.4) is 0 Å². The van der Waals surface area contributed by atoms with E-state index < -0.39 is 12.1 Å². The number of aliphatic hydroxyl groups is 2. The first kappa shape index (κ1) is 67.1. The van der Waals surface area contributed by atoms with Gasteiger partial charge in [-0.25, -0.2) is 0 Å². The summed E-state index contributed by atoms with van der Waals surface area (Å²) >= 11 is 0. The van der Waals surface area contributed by atoms with Crippen molar-refractivity contribution >= 4 is 11.9 Å². The number of hydrogen-bond acceptors (Lipinski definition) is 5. The summed E-state index contributed by atoms with van der Waals surface area (Å²) in [5, 5.41) is 23.0. The smallest absolute Gasteiger partial charge is 0.305 e. The van der Waals surface area contributed by atoms with Crippen molar-refractivity contribution in [1.29, 1.82) is 0 Å². The zero-order valence-corrected chi connectivity index (χ0v) is 46.3. The molecule has 2 atom stereocenters. The fourth-order valence-corrected chi connectivity index (χ4v) is 9.43. The first-order chi connectivity index (χ1) is 34.0. The largest absolute Gasteiger partial charge is 0.466 e. The highest BCUT2D eigenvalue weighted by Gasteiger charge is 2.18. The molecule has 0 bridgehead atoms. The van der Waals surface area contributed by atoms with E-state index in [4.69, 9.17) is 4.74 Å². The molecule has 2 unspecified atom stereocenters. The van der Waals surface area contributed by atoms with E-state index in [0.717, 1.165) is 51.4 Å². The minimum atomic E-state index is -0.842. The Morgan fingerprint density at radius 2 is 0.725 bits per heavy atom. The van der Waals surface area contributed by atoms with Gasteiger partial charge in [0.25, 0.3) is 0 Å². The Bertz CT molecular complexity index is 1120. The maximum absolute atomic E-state index is 12.4. The molecule has 0 aromatic rings. The number of amides is 1. The molecule has 0 spiro atoms. The molecule has 0 aliphatic carbocycles. The van der Waals surface area contributed by atoms with Gasteiger partial charge in [-0.05, 0) is 64.2 Å². The van der Waals surface area contributed by atoms with Gasteiger partial charge in [-0.1, -0.05) is 288 Å². The van der Waals surface area contributed by atoms with Gasteiger partial charge in [0, 0.05) is 12.8 Å². The second-order valence-corrected chi connectivity index (χ2v) is 21.0. The lowest BCUT2D eigenvalue weighted by Gasteiger charge is -2.20. The average Bonchev–Trinajstić information content (AvgIpc) is 3.35. The van der Waals surface area contributed by atoms with Gasteiger partial charge in [0.1, 0.15) is 0 Å². The molecule has 69 heavy (non-hydrogen) atoms. The first-order valence-corrected chi connectivity index (χ1v) is 30.8. The summed E-state index contributed by atoms with van der Waals surface area (Å²) < 4.78 is 5.48. The molecule has 406 valence electrons. The number of allylic oxidation sites excluding steroid dienone is 5. The van der Waals surface area contributed by atoms with Crippen LogP contribution in [0.4, 0.5) is 0 Å². The molecule has 6 heteroatoms. The Kier molecular flexibility index (Phi) is 57.0. The average molecular weight is 971 g/mol. The van der Waals surface area contributed by atoms with Crippen molar-refractivity contribution in [3.05, 3.63) is 36.5 Å². The van der Waals surface area contributed by atoms with Gasteiger partial charge in [0.05, 0.1) is 25.4 Å². The second kappa shape index (κ2) is 58.6. The van der Waals surface area contributed by atoms with Crippen LogP contribution in [0.15, 0.2) is 36.5 Å². The minimum Gasteiger partial charge on any atom is -0.466 e. The zero-order valence-electron chi connectivity index (χ0n) is 46.3. The molecule has 0 saturated carbocycles. The second-order valence-electron chi connectivity index (χ2n) is 21.0. The van der Waals surface area contributed by atoms with E-state index in [2.05, 4.69) is 43.5 Å². The number of carbonyl (C=O) groups is 2. The summed E-state index contributed by atoms with van der Waals surface area (Å²) in [7, 11) is 0. The highest BCUT2D eigenvalue weighted by atomic mass is 16.5. The van der Waals surface area contributed by atoms with Crippen LogP contribution in [0.2, 0.25) is 0 Å². The predicted molar refractivity (Wildman–Crippen MR) is 301 cm³/mol. The highest BCUT2D eigenvalue weighted by Crippen LogP contribution is 2.17. The van der Waals surface area contributed by atoms with Crippen molar-refractivity contribution in [1.82, 2.24) is 5.32 Å². The molecule has 0 fully saturated rings. The molecule has 0 rings (SSSR count). The Hall–Kier alpha value is -1.92.